The molecule has 1 aliphatic rings. The van der Waals surface area contributed by atoms with Crippen LogP contribution in [0.15, 0.2) is 5.38 Å². The first kappa shape index (κ1) is 11.5. The predicted octanol–water partition coefficient (Wildman–Crippen LogP) is 1.94. The van der Waals surface area contributed by atoms with E-state index in [-0.39, 0.29) is 11.8 Å². The van der Waals surface area contributed by atoms with Crippen LogP contribution in [0, 0.1) is 5.92 Å². The van der Waals surface area contributed by atoms with Gasteiger partial charge in [-0.25, -0.2) is 4.98 Å². The maximum atomic E-state index is 11.6. The number of carbonyl (C=O) groups excluding carboxylic acids is 1. The Hall–Kier alpha value is -0.940. The minimum atomic E-state index is 0.00893. The standard InChI is InChI=1S/C11H17N3OS/c1-7(5-12)4-10(15)14-11-13-9(6-16-11)8-2-3-8/h6-8H,2-5,12H2,1H3,(H,13,14,15). The first-order chi connectivity index (χ1) is 7.69. The van der Waals surface area contributed by atoms with Gasteiger partial charge in [0.05, 0.1) is 5.69 Å². The van der Waals surface area contributed by atoms with Crippen molar-refractivity contribution in [3.05, 3.63) is 11.1 Å². The summed E-state index contributed by atoms with van der Waals surface area (Å²) >= 11 is 1.51. The van der Waals surface area contributed by atoms with Crippen LogP contribution in [0.4, 0.5) is 5.13 Å². The van der Waals surface area contributed by atoms with E-state index in [4.69, 9.17) is 5.73 Å². The van der Waals surface area contributed by atoms with Gasteiger partial charge >= 0.3 is 0 Å². The third-order valence-corrected chi connectivity index (χ3v) is 3.48. The number of nitrogens with one attached hydrogen (secondary N) is 1. The van der Waals surface area contributed by atoms with Gasteiger partial charge in [0.15, 0.2) is 5.13 Å². The second-order valence-corrected chi connectivity index (χ2v) is 5.30. The average Bonchev–Trinajstić information content (AvgIpc) is 3.00. The summed E-state index contributed by atoms with van der Waals surface area (Å²) in [6.45, 7) is 2.51. The van der Waals surface area contributed by atoms with Gasteiger partial charge in [-0.1, -0.05) is 6.92 Å². The number of aromatic nitrogens is 1. The fourth-order valence-corrected chi connectivity index (χ4v) is 2.29. The molecule has 1 amide bonds. The molecule has 1 atom stereocenters. The van der Waals surface area contributed by atoms with Crippen LogP contribution in [0.5, 0.6) is 0 Å². The Kier molecular flexibility index (Phi) is 3.56. The van der Waals surface area contributed by atoms with E-state index in [9.17, 15) is 4.79 Å². The van der Waals surface area contributed by atoms with Gasteiger partial charge in [0.2, 0.25) is 5.91 Å². The van der Waals surface area contributed by atoms with Crippen LogP contribution in [-0.2, 0) is 4.79 Å². The summed E-state index contributed by atoms with van der Waals surface area (Å²) < 4.78 is 0. The van der Waals surface area contributed by atoms with Crippen LogP contribution in [0.2, 0.25) is 0 Å². The molecule has 0 spiro atoms. The van der Waals surface area contributed by atoms with E-state index in [1.807, 2.05) is 12.3 Å². The van der Waals surface area contributed by atoms with Gasteiger partial charge < -0.3 is 11.1 Å². The first-order valence-electron chi connectivity index (χ1n) is 5.64. The second kappa shape index (κ2) is 4.93. The molecule has 16 heavy (non-hydrogen) atoms. The molecule has 0 aromatic carbocycles. The monoisotopic (exact) mass is 239 g/mol. The molecule has 0 radical (unpaired) electrons. The van der Waals surface area contributed by atoms with E-state index in [0.29, 0.717) is 18.9 Å². The lowest BCUT2D eigenvalue weighted by molar-refractivity contribution is -0.116. The van der Waals surface area contributed by atoms with Gasteiger partial charge in [-0.05, 0) is 25.3 Å². The maximum absolute atomic E-state index is 11.6. The molecule has 1 aliphatic carbocycles. The molecule has 1 saturated carbocycles. The smallest absolute Gasteiger partial charge is 0.226 e. The highest BCUT2D eigenvalue weighted by Gasteiger charge is 2.26. The molecular formula is C11H17N3OS. The zero-order chi connectivity index (χ0) is 11.5. The molecule has 0 saturated heterocycles. The van der Waals surface area contributed by atoms with Crippen LogP contribution in [0.25, 0.3) is 0 Å². The van der Waals surface area contributed by atoms with Crippen molar-refractivity contribution < 1.29 is 4.79 Å². The summed E-state index contributed by atoms with van der Waals surface area (Å²) in [5.74, 6) is 0.877. The van der Waals surface area contributed by atoms with E-state index in [1.54, 1.807) is 0 Å². The number of hydrogen-bond acceptors (Lipinski definition) is 4. The Morgan fingerprint density at radius 1 is 1.75 bits per heavy atom. The summed E-state index contributed by atoms with van der Waals surface area (Å²) in [5, 5.41) is 5.58. The Morgan fingerprint density at radius 2 is 2.50 bits per heavy atom. The minimum absolute atomic E-state index is 0.00893. The lowest BCUT2D eigenvalue weighted by Crippen LogP contribution is -2.19. The number of hydrogen-bond donors (Lipinski definition) is 2. The number of thiazole rings is 1. The van der Waals surface area contributed by atoms with Gasteiger partial charge in [0.25, 0.3) is 0 Å². The molecule has 1 aromatic rings. The third-order valence-electron chi connectivity index (χ3n) is 2.70. The van der Waals surface area contributed by atoms with Crippen molar-refractivity contribution in [3.63, 3.8) is 0 Å². The van der Waals surface area contributed by atoms with Crippen LogP contribution in [-0.4, -0.2) is 17.4 Å². The molecule has 1 aromatic heterocycles. The van der Waals surface area contributed by atoms with Crippen molar-refractivity contribution in [1.82, 2.24) is 4.98 Å². The Labute approximate surface area is 99.3 Å². The summed E-state index contributed by atoms with van der Waals surface area (Å²) in [7, 11) is 0. The largest absolute Gasteiger partial charge is 0.330 e. The molecule has 3 N–H and O–H groups in total. The highest BCUT2D eigenvalue weighted by molar-refractivity contribution is 7.13. The summed E-state index contributed by atoms with van der Waals surface area (Å²) in [4.78, 5) is 16.0. The van der Waals surface area contributed by atoms with Crippen molar-refractivity contribution in [2.75, 3.05) is 11.9 Å². The fourth-order valence-electron chi connectivity index (χ4n) is 1.48. The van der Waals surface area contributed by atoms with E-state index >= 15 is 0 Å². The van der Waals surface area contributed by atoms with E-state index in [0.717, 1.165) is 10.8 Å². The lowest BCUT2D eigenvalue weighted by Gasteiger charge is -2.06. The Morgan fingerprint density at radius 3 is 3.12 bits per heavy atom. The van der Waals surface area contributed by atoms with Crippen LogP contribution < -0.4 is 11.1 Å². The predicted molar refractivity (Wildman–Crippen MR) is 65.6 cm³/mol. The topological polar surface area (TPSA) is 68.0 Å². The molecule has 88 valence electrons. The molecule has 0 aliphatic heterocycles. The number of carbonyl (C=O) groups is 1. The summed E-state index contributed by atoms with van der Waals surface area (Å²) in [5.41, 5.74) is 6.60. The average molecular weight is 239 g/mol. The molecule has 1 heterocycles. The summed E-state index contributed by atoms with van der Waals surface area (Å²) in [6.07, 6.45) is 2.94. The maximum Gasteiger partial charge on any atom is 0.226 e. The highest BCUT2D eigenvalue weighted by Crippen LogP contribution is 2.40. The molecular weight excluding hydrogens is 222 g/mol. The Balaban J connectivity index is 1.85. The van der Waals surface area contributed by atoms with Gasteiger partial charge in [-0.3, -0.25) is 4.79 Å². The van der Waals surface area contributed by atoms with Crippen LogP contribution in [0.1, 0.15) is 37.8 Å². The minimum Gasteiger partial charge on any atom is -0.330 e. The number of rotatable bonds is 5. The van der Waals surface area contributed by atoms with Crippen molar-refractivity contribution in [2.24, 2.45) is 11.7 Å². The van der Waals surface area contributed by atoms with Crippen molar-refractivity contribution in [2.45, 2.75) is 32.1 Å². The quantitative estimate of drug-likeness (QED) is 0.825. The Bertz CT molecular complexity index is 373. The number of anilines is 1. The molecule has 1 unspecified atom stereocenters. The zero-order valence-electron chi connectivity index (χ0n) is 9.40. The SMILES string of the molecule is CC(CN)CC(=O)Nc1nc(C2CC2)cs1. The molecule has 5 heteroatoms. The molecule has 1 fully saturated rings. The van der Waals surface area contributed by atoms with Gasteiger partial charge in [-0.2, -0.15) is 0 Å². The second-order valence-electron chi connectivity index (χ2n) is 4.44. The number of nitrogens with zero attached hydrogens (tertiary/aromatic N) is 1. The van der Waals surface area contributed by atoms with Gasteiger partial charge in [0, 0.05) is 17.7 Å². The van der Waals surface area contributed by atoms with E-state index in [1.165, 1.54) is 24.2 Å². The van der Waals surface area contributed by atoms with Crippen molar-refractivity contribution in [3.8, 4) is 0 Å². The number of nitrogens with two attached hydrogens (primary N) is 1. The van der Waals surface area contributed by atoms with Crippen LogP contribution >= 0.6 is 11.3 Å². The van der Waals surface area contributed by atoms with Gasteiger partial charge in [-0.15, -0.1) is 11.3 Å². The van der Waals surface area contributed by atoms with E-state index in [2.05, 4.69) is 10.3 Å². The lowest BCUT2D eigenvalue weighted by atomic mass is 10.1. The van der Waals surface area contributed by atoms with E-state index < -0.39 is 0 Å². The van der Waals surface area contributed by atoms with Gasteiger partial charge in [0.1, 0.15) is 0 Å². The number of amides is 1. The van der Waals surface area contributed by atoms with Crippen molar-refractivity contribution in [1.29, 1.82) is 0 Å². The van der Waals surface area contributed by atoms with Crippen LogP contribution in [0.3, 0.4) is 0 Å². The normalized spacial score (nSPS) is 17.1. The zero-order valence-corrected chi connectivity index (χ0v) is 10.2. The first-order valence-corrected chi connectivity index (χ1v) is 6.52. The van der Waals surface area contributed by atoms with Crippen molar-refractivity contribution >= 4 is 22.4 Å². The summed E-state index contributed by atoms with van der Waals surface area (Å²) in [6, 6.07) is 0. The molecule has 0 bridgehead atoms. The molecule has 2 rings (SSSR count). The third kappa shape index (κ3) is 3.02. The molecule has 4 nitrogen and oxygen atoms in total. The fraction of sp³-hybridized carbons (Fsp3) is 0.636. The highest BCUT2D eigenvalue weighted by atomic mass is 32.1.